The Morgan fingerprint density at radius 3 is 2.45 bits per heavy atom. The Morgan fingerprint density at radius 1 is 1.16 bits per heavy atom. The Hall–Kier alpha value is -3.40. The molecule has 0 fully saturated rings. The van der Waals surface area contributed by atoms with Crippen LogP contribution in [0, 0.1) is 0 Å². The van der Waals surface area contributed by atoms with E-state index in [-0.39, 0.29) is 16.5 Å². The molecule has 11 heteroatoms. The third kappa shape index (κ3) is 5.21. The lowest BCUT2D eigenvalue weighted by atomic mass is 10.1. The van der Waals surface area contributed by atoms with E-state index >= 15 is 0 Å². The molecule has 0 bridgehead atoms. The molecule has 0 saturated carbocycles. The van der Waals surface area contributed by atoms with Gasteiger partial charge in [0.05, 0.1) is 30.1 Å². The standard InChI is InChI=1S/C20H16ClF3N4O3/c1-31-19(30)13-4-2-12(3-5-13)8-9-25-15-11-27-28(18(29)17(15)21)16-7-6-14(10-26-16)20(22,23)24/h2-7,10-11,25H,8-9H2,1H3. The molecule has 0 aliphatic heterocycles. The van der Waals surface area contributed by atoms with Crippen molar-refractivity contribution in [2.45, 2.75) is 12.6 Å². The molecule has 31 heavy (non-hydrogen) atoms. The van der Waals surface area contributed by atoms with Gasteiger partial charge >= 0.3 is 12.1 Å². The number of carbonyl (C=O) groups excluding carboxylic acids is 1. The molecule has 2 aromatic heterocycles. The van der Waals surface area contributed by atoms with Gasteiger partial charge in [-0.05, 0) is 36.2 Å². The number of nitrogens with zero attached hydrogens (tertiary/aromatic N) is 3. The van der Waals surface area contributed by atoms with Crippen LogP contribution in [-0.4, -0.2) is 34.4 Å². The van der Waals surface area contributed by atoms with Gasteiger partial charge in [0.15, 0.2) is 5.82 Å². The highest BCUT2D eigenvalue weighted by Crippen LogP contribution is 2.28. The van der Waals surface area contributed by atoms with Crippen molar-refractivity contribution >= 4 is 23.3 Å². The molecule has 3 rings (SSSR count). The zero-order chi connectivity index (χ0) is 22.6. The van der Waals surface area contributed by atoms with E-state index < -0.39 is 23.3 Å². The van der Waals surface area contributed by atoms with E-state index in [1.54, 1.807) is 24.3 Å². The van der Waals surface area contributed by atoms with Crippen LogP contribution in [0.1, 0.15) is 21.5 Å². The third-order valence-corrected chi connectivity index (χ3v) is 4.68. The van der Waals surface area contributed by atoms with E-state index in [1.807, 2.05) is 0 Å². The zero-order valence-corrected chi connectivity index (χ0v) is 16.9. The monoisotopic (exact) mass is 452 g/mol. The fourth-order valence-electron chi connectivity index (χ4n) is 2.67. The van der Waals surface area contributed by atoms with Crippen LogP contribution in [0.5, 0.6) is 0 Å². The molecule has 1 N–H and O–H groups in total. The summed E-state index contributed by atoms with van der Waals surface area (Å²) in [6.07, 6.45) is -2.05. The highest BCUT2D eigenvalue weighted by Gasteiger charge is 2.30. The molecular formula is C20H16ClF3N4O3. The van der Waals surface area contributed by atoms with Crippen LogP contribution in [0.2, 0.25) is 5.02 Å². The largest absolute Gasteiger partial charge is 0.465 e. The van der Waals surface area contributed by atoms with Gasteiger partial charge in [0, 0.05) is 12.7 Å². The predicted octanol–water partition coefficient (Wildman–Crippen LogP) is 3.74. The number of aromatic nitrogens is 3. The first-order chi connectivity index (χ1) is 14.7. The summed E-state index contributed by atoms with van der Waals surface area (Å²) in [5.41, 5.74) is -0.00543. The number of alkyl halides is 3. The van der Waals surface area contributed by atoms with Crippen LogP contribution >= 0.6 is 11.6 Å². The number of rotatable bonds is 6. The molecule has 0 unspecified atom stereocenters. The molecule has 0 saturated heterocycles. The Morgan fingerprint density at radius 2 is 1.87 bits per heavy atom. The Bertz CT molecular complexity index is 1130. The van der Waals surface area contributed by atoms with Crippen LogP contribution in [-0.2, 0) is 17.3 Å². The van der Waals surface area contributed by atoms with Crippen molar-refractivity contribution in [3.63, 3.8) is 0 Å². The normalized spacial score (nSPS) is 11.3. The lowest BCUT2D eigenvalue weighted by Gasteiger charge is -2.11. The summed E-state index contributed by atoms with van der Waals surface area (Å²) >= 11 is 6.11. The van der Waals surface area contributed by atoms with Crippen molar-refractivity contribution in [3.8, 4) is 5.82 Å². The van der Waals surface area contributed by atoms with Crippen LogP contribution in [0.3, 0.4) is 0 Å². The number of halogens is 4. The number of esters is 1. The van der Waals surface area contributed by atoms with Gasteiger partial charge < -0.3 is 10.1 Å². The Labute approximate surface area is 179 Å². The lowest BCUT2D eigenvalue weighted by Crippen LogP contribution is -2.24. The maximum Gasteiger partial charge on any atom is 0.417 e. The van der Waals surface area contributed by atoms with Gasteiger partial charge in [0.2, 0.25) is 0 Å². The van der Waals surface area contributed by atoms with Gasteiger partial charge in [-0.25, -0.2) is 9.78 Å². The van der Waals surface area contributed by atoms with Gasteiger partial charge in [-0.15, -0.1) is 0 Å². The first-order valence-electron chi connectivity index (χ1n) is 8.93. The molecular weight excluding hydrogens is 437 g/mol. The average Bonchev–Trinajstić information content (AvgIpc) is 2.76. The molecule has 0 radical (unpaired) electrons. The van der Waals surface area contributed by atoms with Gasteiger partial charge in [-0.3, -0.25) is 4.79 Å². The van der Waals surface area contributed by atoms with Crippen molar-refractivity contribution in [2.75, 3.05) is 19.0 Å². The first kappa shape index (κ1) is 22.3. The smallest absolute Gasteiger partial charge is 0.417 e. The number of ether oxygens (including phenoxy) is 1. The number of benzene rings is 1. The SMILES string of the molecule is COC(=O)c1ccc(CCNc2cnn(-c3ccc(C(F)(F)F)cn3)c(=O)c2Cl)cc1. The van der Waals surface area contributed by atoms with E-state index in [0.717, 1.165) is 22.4 Å². The summed E-state index contributed by atoms with van der Waals surface area (Å²) in [5, 5.41) is 6.75. The zero-order valence-electron chi connectivity index (χ0n) is 16.1. The number of methoxy groups -OCH3 is 1. The maximum absolute atomic E-state index is 12.7. The average molecular weight is 453 g/mol. The molecule has 0 aliphatic carbocycles. The molecule has 1 aromatic carbocycles. The summed E-state index contributed by atoms with van der Waals surface area (Å²) in [6.45, 7) is 0.418. The Kier molecular flexibility index (Phi) is 6.59. The highest BCUT2D eigenvalue weighted by atomic mass is 35.5. The minimum atomic E-state index is -4.53. The van der Waals surface area contributed by atoms with E-state index in [1.165, 1.54) is 13.3 Å². The number of carbonyl (C=O) groups is 1. The van der Waals surface area contributed by atoms with Crippen LogP contribution in [0.4, 0.5) is 18.9 Å². The fraction of sp³-hybridized carbons (Fsp3) is 0.200. The Balaban J connectivity index is 1.68. The van der Waals surface area contributed by atoms with E-state index in [2.05, 4.69) is 20.1 Å². The fourth-order valence-corrected chi connectivity index (χ4v) is 2.86. The number of hydrogen-bond donors (Lipinski definition) is 1. The number of anilines is 1. The van der Waals surface area contributed by atoms with Crippen molar-refractivity contribution in [2.24, 2.45) is 0 Å². The van der Waals surface area contributed by atoms with E-state index in [9.17, 15) is 22.8 Å². The summed E-state index contributed by atoms with van der Waals surface area (Å²) in [5.74, 6) is -0.511. The summed E-state index contributed by atoms with van der Waals surface area (Å²) in [7, 11) is 1.30. The minimum absolute atomic E-state index is 0.0860. The minimum Gasteiger partial charge on any atom is -0.465 e. The quantitative estimate of drug-likeness (QED) is 0.573. The molecule has 2 heterocycles. The van der Waals surface area contributed by atoms with Crippen LogP contribution < -0.4 is 10.9 Å². The highest BCUT2D eigenvalue weighted by molar-refractivity contribution is 6.32. The van der Waals surface area contributed by atoms with Crippen molar-refractivity contribution < 1.29 is 22.7 Å². The summed E-state index contributed by atoms with van der Waals surface area (Å²) < 4.78 is 43.4. The number of nitrogens with one attached hydrogen (secondary N) is 1. The summed E-state index contributed by atoms with van der Waals surface area (Å²) in [4.78, 5) is 27.5. The van der Waals surface area contributed by atoms with Crippen molar-refractivity contribution in [3.05, 3.63) is 80.9 Å². The van der Waals surface area contributed by atoms with Crippen LogP contribution in [0.25, 0.3) is 5.82 Å². The second kappa shape index (κ2) is 9.17. The summed E-state index contributed by atoms with van der Waals surface area (Å²) in [6, 6.07) is 8.70. The topological polar surface area (TPSA) is 86.1 Å². The van der Waals surface area contributed by atoms with E-state index in [0.29, 0.717) is 24.7 Å². The molecule has 7 nitrogen and oxygen atoms in total. The number of hydrogen-bond acceptors (Lipinski definition) is 6. The third-order valence-electron chi connectivity index (χ3n) is 4.32. The van der Waals surface area contributed by atoms with Gasteiger partial charge in [0.25, 0.3) is 5.56 Å². The second-order valence-corrected chi connectivity index (χ2v) is 6.74. The molecule has 0 aliphatic rings. The molecule has 0 atom stereocenters. The lowest BCUT2D eigenvalue weighted by molar-refractivity contribution is -0.137. The van der Waals surface area contributed by atoms with Crippen LogP contribution in [0.15, 0.2) is 53.6 Å². The van der Waals surface area contributed by atoms with Gasteiger partial charge in [0.1, 0.15) is 5.02 Å². The molecule has 162 valence electrons. The second-order valence-electron chi connectivity index (χ2n) is 6.36. The predicted molar refractivity (Wildman–Crippen MR) is 108 cm³/mol. The van der Waals surface area contributed by atoms with Gasteiger partial charge in [-0.2, -0.15) is 23.0 Å². The van der Waals surface area contributed by atoms with Crippen molar-refractivity contribution in [1.29, 1.82) is 0 Å². The van der Waals surface area contributed by atoms with E-state index in [4.69, 9.17) is 11.6 Å². The maximum atomic E-state index is 12.7. The number of pyridine rings is 1. The molecule has 0 spiro atoms. The molecule has 3 aromatic rings. The van der Waals surface area contributed by atoms with Gasteiger partial charge in [-0.1, -0.05) is 23.7 Å². The first-order valence-corrected chi connectivity index (χ1v) is 9.31. The molecule has 0 amide bonds. The van der Waals surface area contributed by atoms with Crippen molar-refractivity contribution in [1.82, 2.24) is 14.8 Å².